The van der Waals surface area contributed by atoms with Crippen molar-refractivity contribution in [3.05, 3.63) is 135 Å². The average Bonchev–Trinajstić information content (AvgIpc) is 2.98. The second-order valence-electron chi connectivity index (χ2n) is 8.93. The van der Waals surface area contributed by atoms with Gasteiger partial charge in [-0.2, -0.15) is 0 Å². The van der Waals surface area contributed by atoms with Gasteiger partial charge in [-0.15, -0.1) is 0 Å². The molecule has 1 atom stereocenters. The highest BCUT2D eigenvalue weighted by Crippen LogP contribution is 2.43. The Morgan fingerprint density at radius 3 is 1.87 bits per heavy atom. The molecule has 202 valence electrons. The number of aliphatic hydroxyl groups is 1. The first-order valence-electron chi connectivity index (χ1n) is 12.4. The number of nitro benzene ring substituents is 1. The highest BCUT2D eigenvalue weighted by Gasteiger charge is 2.38. The van der Waals surface area contributed by atoms with Crippen LogP contribution in [0.25, 0.3) is 0 Å². The van der Waals surface area contributed by atoms with E-state index in [4.69, 9.17) is 14.2 Å². The Labute approximate surface area is 236 Å². The molecule has 4 aromatic rings. The summed E-state index contributed by atoms with van der Waals surface area (Å²) in [6.07, 6.45) is -0.282. The van der Waals surface area contributed by atoms with E-state index in [1.54, 1.807) is 26.4 Å². The largest absolute Gasteiger partial charge is 0.497 e. The summed E-state index contributed by atoms with van der Waals surface area (Å²) in [4.78, 5) is 11.5. The minimum absolute atomic E-state index is 0.0729. The zero-order valence-corrected chi connectivity index (χ0v) is 23.3. The van der Waals surface area contributed by atoms with Crippen LogP contribution < -0.4 is 9.47 Å². The lowest BCUT2D eigenvalue weighted by atomic mass is 9.80. The molecule has 7 nitrogen and oxygen atoms in total. The summed E-state index contributed by atoms with van der Waals surface area (Å²) >= 11 is 3.35. The fourth-order valence-corrected chi connectivity index (χ4v) is 5.07. The Balaban J connectivity index is 1.89. The summed E-state index contributed by atoms with van der Waals surface area (Å²) in [7, 11) is 3.21. The highest BCUT2D eigenvalue weighted by atomic mass is 79.9. The number of hydrogen-bond acceptors (Lipinski definition) is 6. The quantitative estimate of drug-likeness (QED) is 0.0830. The maximum atomic E-state index is 12.0. The molecular weight excluding hydrogens is 562 g/mol. The molecule has 0 heterocycles. The third-order valence-corrected chi connectivity index (χ3v) is 7.14. The van der Waals surface area contributed by atoms with Gasteiger partial charge in [0.05, 0.1) is 37.4 Å². The molecule has 0 aliphatic carbocycles. The molecule has 1 unspecified atom stereocenters. The van der Waals surface area contributed by atoms with Crippen molar-refractivity contribution in [2.45, 2.75) is 24.7 Å². The number of rotatable bonds is 12. The Morgan fingerprint density at radius 2 is 1.38 bits per heavy atom. The molecule has 0 saturated heterocycles. The van der Waals surface area contributed by atoms with Crippen LogP contribution >= 0.6 is 15.9 Å². The van der Waals surface area contributed by atoms with Crippen LogP contribution in [-0.4, -0.2) is 29.6 Å². The van der Waals surface area contributed by atoms with E-state index in [2.05, 4.69) is 15.9 Å². The molecule has 4 aromatic carbocycles. The summed E-state index contributed by atoms with van der Waals surface area (Å²) < 4.78 is 17.6. The molecule has 0 bridgehead atoms. The van der Waals surface area contributed by atoms with Gasteiger partial charge in [0, 0.05) is 11.4 Å². The zero-order chi connectivity index (χ0) is 27.8. The number of ether oxygens (including phenoxy) is 3. The van der Waals surface area contributed by atoms with Crippen molar-refractivity contribution < 1.29 is 24.2 Å². The molecular formula is C31H30BrNO6. The molecule has 4 rings (SSSR count). The van der Waals surface area contributed by atoms with Gasteiger partial charge in [-0.3, -0.25) is 10.1 Å². The number of nitro groups is 1. The van der Waals surface area contributed by atoms with Gasteiger partial charge < -0.3 is 19.3 Å². The van der Waals surface area contributed by atoms with E-state index in [0.29, 0.717) is 34.4 Å². The zero-order valence-electron chi connectivity index (χ0n) is 21.7. The van der Waals surface area contributed by atoms with Crippen LogP contribution in [0.4, 0.5) is 5.69 Å². The van der Waals surface area contributed by atoms with Crippen LogP contribution in [0.2, 0.25) is 0 Å². The number of halogens is 1. The van der Waals surface area contributed by atoms with Crippen molar-refractivity contribution in [3.8, 4) is 11.5 Å². The second kappa shape index (κ2) is 12.9. The Kier molecular flexibility index (Phi) is 9.35. The molecule has 0 aromatic heterocycles. The average molecular weight is 592 g/mol. The summed E-state index contributed by atoms with van der Waals surface area (Å²) in [6.45, 7) is -0.0852. The molecule has 0 aliphatic heterocycles. The fraction of sp³-hybridized carbons (Fsp3) is 0.226. The lowest BCUT2D eigenvalue weighted by Gasteiger charge is -2.36. The number of alkyl halides is 1. The van der Waals surface area contributed by atoms with Crippen molar-refractivity contribution in [3.63, 3.8) is 0 Å². The third kappa shape index (κ3) is 6.14. The van der Waals surface area contributed by atoms with Crippen molar-refractivity contribution in [1.29, 1.82) is 0 Å². The molecule has 0 amide bonds. The molecule has 0 fully saturated rings. The van der Waals surface area contributed by atoms with E-state index < -0.39 is 16.6 Å². The van der Waals surface area contributed by atoms with Crippen LogP contribution in [0.15, 0.2) is 97.1 Å². The summed E-state index contributed by atoms with van der Waals surface area (Å²) in [5, 5.41) is 23.1. The molecule has 39 heavy (non-hydrogen) atoms. The number of aliphatic hydroxyl groups excluding tert-OH is 1. The summed E-state index contributed by atoms with van der Waals surface area (Å²) in [6, 6.07) is 29.6. The monoisotopic (exact) mass is 591 g/mol. The van der Waals surface area contributed by atoms with Crippen LogP contribution in [0, 0.1) is 10.1 Å². The van der Waals surface area contributed by atoms with Gasteiger partial charge >= 0.3 is 0 Å². The predicted molar refractivity (Wildman–Crippen MR) is 154 cm³/mol. The van der Waals surface area contributed by atoms with E-state index in [1.807, 2.05) is 78.9 Å². The molecule has 0 saturated carbocycles. The molecule has 0 aliphatic rings. The fourth-order valence-electron chi connectivity index (χ4n) is 4.64. The Morgan fingerprint density at radius 1 is 0.846 bits per heavy atom. The van der Waals surface area contributed by atoms with E-state index >= 15 is 0 Å². The molecule has 1 N–H and O–H groups in total. The second-order valence-corrected chi connectivity index (χ2v) is 9.72. The van der Waals surface area contributed by atoms with Crippen molar-refractivity contribution in [2.24, 2.45) is 0 Å². The van der Waals surface area contributed by atoms with E-state index in [9.17, 15) is 15.2 Å². The van der Waals surface area contributed by atoms with Gasteiger partial charge in [-0.1, -0.05) is 70.5 Å². The summed E-state index contributed by atoms with van der Waals surface area (Å²) in [5.74, 6) is 1.39. The van der Waals surface area contributed by atoms with Crippen LogP contribution in [-0.2, 0) is 16.9 Å². The maximum Gasteiger partial charge on any atom is 0.274 e. The van der Waals surface area contributed by atoms with Gasteiger partial charge in [0.1, 0.15) is 17.1 Å². The van der Waals surface area contributed by atoms with Crippen molar-refractivity contribution in [2.75, 3.05) is 19.5 Å². The minimum atomic E-state index is -1.13. The normalized spacial score (nSPS) is 12.1. The van der Waals surface area contributed by atoms with Crippen molar-refractivity contribution in [1.82, 2.24) is 0 Å². The maximum absolute atomic E-state index is 12.0. The third-order valence-electron chi connectivity index (χ3n) is 6.69. The van der Waals surface area contributed by atoms with E-state index in [0.717, 1.165) is 16.7 Å². The van der Waals surface area contributed by atoms with Crippen LogP contribution in [0.3, 0.4) is 0 Å². The number of benzene rings is 4. The highest BCUT2D eigenvalue weighted by molar-refractivity contribution is 9.09. The van der Waals surface area contributed by atoms with Crippen molar-refractivity contribution >= 4 is 21.6 Å². The lowest BCUT2D eigenvalue weighted by molar-refractivity contribution is -0.386. The van der Waals surface area contributed by atoms with Gasteiger partial charge in [-0.05, 0) is 65.1 Å². The van der Waals surface area contributed by atoms with E-state index in [1.165, 1.54) is 6.07 Å². The Hall–Kier alpha value is -3.72. The molecule has 0 spiro atoms. The number of hydrogen-bond donors (Lipinski definition) is 1. The van der Waals surface area contributed by atoms with Gasteiger partial charge in [0.15, 0.2) is 0 Å². The smallest absolute Gasteiger partial charge is 0.274 e. The van der Waals surface area contributed by atoms with Crippen LogP contribution in [0.1, 0.15) is 40.3 Å². The topological polar surface area (TPSA) is 91.1 Å². The van der Waals surface area contributed by atoms with Crippen LogP contribution in [0.5, 0.6) is 11.5 Å². The van der Waals surface area contributed by atoms with Gasteiger partial charge in [-0.25, -0.2) is 0 Å². The van der Waals surface area contributed by atoms with E-state index in [-0.39, 0.29) is 12.3 Å². The first-order valence-corrected chi connectivity index (χ1v) is 13.5. The standard InChI is InChI=1S/C31H30BrNO6/c1-37-27-13-9-25(10-14-27)31(24-6-4-3-5-7-24,26-11-15-28(38-2)16-12-26)39-21-23-20-22(30(34)18-19-32)8-17-29(23)33(35)36/h3-17,20,30,34H,18-19,21H2,1-2H3. The predicted octanol–water partition coefficient (Wildman–Crippen LogP) is 6.94. The van der Waals surface area contributed by atoms with Gasteiger partial charge in [0.2, 0.25) is 0 Å². The summed E-state index contributed by atoms with van der Waals surface area (Å²) in [5.41, 5.74) is 2.25. The Bertz CT molecular complexity index is 1330. The molecule has 0 radical (unpaired) electrons. The first kappa shape index (κ1) is 28.3. The molecule has 8 heteroatoms. The lowest BCUT2D eigenvalue weighted by Crippen LogP contribution is -2.33. The van der Waals surface area contributed by atoms with Gasteiger partial charge in [0.25, 0.3) is 5.69 Å². The first-order chi connectivity index (χ1) is 18.9. The minimum Gasteiger partial charge on any atom is -0.497 e. The SMILES string of the molecule is COc1ccc(C(OCc2cc(C(O)CCBr)ccc2[N+](=O)[O-])(c2ccccc2)c2ccc(OC)cc2)cc1. The number of methoxy groups -OCH3 is 2. The number of nitrogens with zero attached hydrogens (tertiary/aromatic N) is 1.